The summed E-state index contributed by atoms with van der Waals surface area (Å²) in [6, 6.07) is 2.88. The molecule has 1 aromatic carbocycles. The number of carboxylic acid groups (broad SMARTS) is 1. The van der Waals surface area contributed by atoms with Crippen LogP contribution in [0, 0.1) is 5.82 Å². The molecule has 4 nitrogen and oxygen atoms in total. The number of nitrogens with one attached hydrogen (secondary N) is 1. The van der Waals surface area contributed by atoms with Crippen LogP contribution < -0.4 is 5.32 Å². The summed E-state index contributed by atoms with van der Waals surface area (Å²) in [5, 5.41) is 11.1. The maximum Gasteiger partial charge on any atom is 0.326 e. The first-order valence-corrected chi connectivity index (χ1v) is 5.21. The van der Waals surface area contributed by atoms with Crippen molar-refractivity contribution in [3.63, 3.8) is 0 Å². The molecule has 0 radical (unpaired) electrons. The van der Waals surface area contributed by atoms with Gasteiger partial charge in [0.1, 0.15) is 11.9 Å². The van der Waals surface area contributed by atoms with Gasteiger partial charge in [-0.2, -0.15) is 0 Å². The summed E-state index contributed by atoms with van der Waals surface area (Å²) in [7, 11) is 0. The minimum absolute atomic E-state index is 0.0505. The first-order chi connectivity index (χ1) is 7.90. The van der Waals surface area contributed by atoms with Crippen LogP contribution in [-0.2, 0) is 16.0 Å². The molecule has 0 aliphatic carbocycles. The number of hydrogen-bond donors (Lipinski definition) is 2. The van der Waals surface area contributed by atoms with Crippen molar-refractivity contribution < 1.29 is 19.1 Å². The van der Waals surface area contributed by atoms with E-state index in [0.717, 1.165) is 6.07 Å². The summed E-state index contributed by atoms with van der Waals surface area (Å²) >= 11 is 5.57. The Morgan fingerprint density at radius 1 is 1.53 bits per heavy atom. The van der Waals surface area contributed by atoms with Crippen LogP contribution in [0.2, 0.25) is 5.02 Å². The lowest BCUT2D eigenvalue weighted by Gasteiger charge is -2.13. The van der Waals surface area contributed by atoms with Crippen molar-refractivity contribution in [3.05, 3.63) is 34.6 Å². The fourth-order valence-corrected chi connectivity index (χ4v) is 1.55. The van der Waals surface area contributed by atoms with Gasteiger partial charge in [0.15, 0.2) is 0 Å². The van der Waals surface area contributed by atoms with Gasteiger partial charge in [-0.25, -0.2) is 9.18 Å². The Morgan fingerprint density at radius 2 is 2.18 bits per heavy atom. The zero-order valence-electron chi connectivity index (χ0n) is 9.04. The van der Waals surface area contributed by atoms with E-state index < -0.39 is 23.7 Å². The van der Waals surface area contributed by atoms with E-state index >= 15 is 0 Å². The molecule has 1 amide bonds. The molecule has 0 aliphatic heterocycles. The Balaban J connectivity index is 2.82. The van der Waals surface area contributed by atoms with Gasteiger partial charge in [0.05, 0.1) is 5.02 Å². The van der Waals surface area contributed by atoms with Gasteiger partial charge in [-0.05, 0) is 17.7 Å². The fourth-order valence-electron chi connectivity index (χ4n) is 1.35. The van der Waals surface area contributed by atoms with Crippen LogP contribution in [-0.4, -0.2) is 23.0 Å². The average Bonchev–Trinajstić information content (AvgIpc) is 2.21. The van der Waals surface area contributed by atoms with E-state index in [2.05, 4.69) is 5.32 Å². The van der Waals surface area contributed by atoms with Gasteiger partial charge in [-0.15, -0.1) is 0 Å². The van der Waals surface area contributed by atoms with Gasteiger partial charge < -0.3 is 10.4 Å². The first kappa shape index (κ1) is 13.4. The topological polar surface area (TPSA) is 66.4 Å². The number of benzene rings is 1. The van der Waals surface area contributed by atoms with Gasteiger partial charge in [0.2, 0.25) is 5.91 Å². The summed E-state index contributed by atoms with van der Waals surface area (Å²) < 4.78 is 12.9. The smallest absolute Gasteiger partial charge is 0.326 e. The average molecular weight is 260 g/mol. The maximum atomic E-state index is 12.9. The number of carboxylic acids is 1. The Kier molecular flexibility index (Phi) is 4.45. The summed E-state index contributed by atoms with van der Waals surface area (Å²) in [5.74, 6) is -2.16. The van der Waals surface area contributed by atoms with E-state index in [1.54, 1.807) is 0 Å². The highest BCUT2D eigenvalue weighted by molar-refractivity contribution is 6.30. The standard InChI is InChI=1S/C11H11ClFNO3/c1-6(15)14-10(11(16)17)5-7-2-3-9(13)8(12)4-7/h2-4,10H,5H2,1H3,(H,14,15)(H,16,17)/t10-/m0/s1. The molecule has 0 unspecified atom stereocenters. The quantitative estimate of drug-likeness (QED) is 0.863. The number of hydrogen-bond acceptors (Lipinski definition) is 2. The lowest BCUT2D eigenvalue weighted by Crippen LogP contribution is -2.41. The van der Waals surface area contributed by atoms with Crippen molar-refractivity contribution in [1.29, 1.82) is 0 Å². The number of amides is 1. The molecule has 0 saturated carbocycles. The van der Waals surface area contributed by atoms with Crippen LogP contribution in [0.4, 0.5) is 4.39 Å². The molecular formula is C11H11ClFNO3. The molecule has 0 heterocycles. The second kappa shape index (κ2) is 5.63. The molecule has 0 aliphatic rings. The molecule has 0 fully saturated rings. The third kappa shape index (κ3) is 4.03. The van der Waals surface area contributed by atoms with E-state index in [1.807, 2.05) is 0 Å². The minimum atomic E-state index is -1.15. The largest absolute Gasteiger partial charge is 0.480 e. The summed E-state index contributed by atoms with van der Waals surface area (Å²) in [5.41, 5.74) is 0.539. The molecule has 1 atom stereocenters. The van der Waals surface area contributed by atoms with Crippen LogP contribution in [0.3, 0.4) is 0 Å². The summed E-state index contributed by atoms with van der Waals surface area (Å²) in [6.45, 7) is 1.23. The molecule has 92 valence electrons. The van der Waals surface area contributed by atoms with Crippen LogP contribution in [0.25, 0.3) is 0 Å². The minimum Gasteiger partial charge on any atom is -0.480 e. The van der Waals surface area contributed by atoms with Crippen molar-refractivity contribution in [2.75, 3.05) is 0 Å². The highest BCUT2D eigenvalue weighted by Crippen LogP contribution is 2.17. The van der Waals surface area contributed by atoms with E-state index in [1.165, 1.54) is 19.1 Å². The first-order valence-electron chi connectivity index (χ1n) is 4.84. The van der Waals surface area contributed by atoms with Gasteiger partial charge in [0, 0.05) is 13.3 Å². The number of aliphatic carboxylic acids is 1. The monoisotopic (exact) mass is 259 g/mol. The van der Waals surface area contributed by atoms with E-state index in [-0.39, 0.29) is 11.4 Å². The number of carbonyl (C=O) groups is 2. The van der Waals surface area contributed by atoms with E-state index in [9.17, 15) is 14.0 Å². The molecular weight excluding hydrogens is 249 g/mol. The molecule has 0 spiro atoms. The predicted octanol–water partition coefficient (Wildman–Crippen LogP) is 1.61. The lowest BCUT2D eigenvalue weighted by atomic mass is 10.1. The molecule has 2 N–H and O–H groups in total. The van der Waals surface area contributed by atoms with Crippen molar-refractivity contribution in [1.82, 2.24) is 5.32 Å². The second-order valence-electron chi connectivity index (χ2n) is 3.54. The van der Waals surface area contributed by atoms with Crippen LogP contribution in [0.1, 0.15) is 12.5 Å². The SMILES string of the molecule is CC(=O)N[C@@H](Cc1ccc(F)c(Cl)c1)C(=O)O. The molecule has 1 rings (SSSR count). The van der Waals surface area contributed by atoms with Crippen molar-refractivity contribution in [2.24, 2.45) is 0 Å². The zero-order chi connectivity index (χ0) is 13.0. The van der Waals surface area contributed by atoms with Crippen LogP contribution >= 0.6 is 11.6 Å². The Labute approximate surface area is 102 Å². The fraction of sp³-hybridized carbons (Fsp3) is 0.273. The number of carbonyl (C=O) groups excluding carboxylic acids is 1. The Hall–Kier alpha value is -1.62. The van der Waals surface area contributed by atoms with Gasteiger partial charge in [-0.1, -0.05) is 17.7 Å². The predicted molar refractivity (Wildman–Crippen MR) is 60.4 cm³/mol. The Bertz CT molecular complexity index is 450. The van der Waals surface area contributed by atoms with Crippen LogP contribution in [0.15, 0.2) is 18.2 Å². The molecule has 0 bridgehead atoms. The normalized spacial score (nSPS) is 11.9. The van der Waals surface area contributed by atoms with E-state index in [4.69, 9.17) is 16.7 Å². The third-order valence-electron chi connectivity index (χ3n) is 2.10. The summed E-state index contributed by atoms with van der Waals surface area (Å²) in [4.78, 5) is 21.7. The van der Waals surface area contributed by atoms with Crippen molar-refractivity contribution >= 4 is 23.5 Å². The van der Waals surface area contributed by atoms with E-state index in [0.29, 0.717) is 5.56 Å². The second-order valence-corrected chi connectivity index (χ2v) is 3.95. The van der Waals surface area contributed by atoms with Crippen molar-refractivity contribution in [2.45, 2.75) is 19.4 Å². The number of rotatable bonds is 4. The molecule has 0 aromatic heterocycles. The molecule has 0 saturated heterocycles. The van der Waals surface area contributed by atoms with Gasteiger partial charge >= 0.3 is 5.97 Å². The molecule has 6 heteroatoms. The van der Waals surface area contributed by atoms with Crippen LogP contribution in [0.5, 0.6) is 0 Å². The van der Waals surface area contributed by atoms with Gasteiger partial charge in [0.25, 0.3) is 0 Å². The van der Waals surface area contributed by atoms with Gasteiger partial charge in [-0.3, -0.25) is 4.79 Å². The molecule has 1 aromatic rings. The highest BCUT2D eigenvalue weighted by Gasteiger charge is 2.19. The maximum absolute atomic E-state index is 12.9. The molecule has 17 heavy (non-hydrogen) atoms. The number of halogens is 2. The Morgan fingerprint density at radius 3 is 2.65 bits per heavy atom. The zero-order valence-corrected chi connectivity index (χ0v) is 9.79. The summed E-state index contributed by atoms with van der Waals surface area (Å²) in [6.07, 6.45) is 0.0505. The lowest BCUT2D eigenvalue weighted by molar-refractivity contribution is -0.141. The highest BCUT2D eigenvalue weighted by atomic mass is 35.5. The third-order valence-corrected chi connectivity index (χ3v) is 2.39. The van der Waals surface area contributed by atoms with Crippen molar-refractivity contribution in [3.8, 4) is 0 Å².